The number of likely N-dealkylation sites (tertiary alicyclic amines) is 1. The SMILES string of the molecule is CCNC(=O)CCc1nc(C2CCCN2C(=O)C2CC2)no1. The highest BCUT2D eigenvalue weighted by molar-refractivity contribution is 5.81. The van der Waals surface area contributed by atoms with E-state index in [1.54, 1.807) is 0 Å². The van der Waals surface area contributed by atoms with Gasteiger partial charge in [0.15, 0.2) is 5.82 Å². The number of aromatic nitrogens is 2. The molecule has 1 aromatic rings. The monoisotopic (exact) mass is 306 g/mol. The zero-order chi connectivity index (χ0) is 15.5. The van der Waals surface area contributed by atoms with Crippen LogP contribution in [0.2, 0.25) is 0 Å². The Labute approximate surface area is 129 Å². The number of hydrogen-bond donors (Lipinski definition) is 1. The number of amides is 2. The molecule has 1 aromatic heterocycles. The van der Waals surface area contributed by atoms with Crippen LogP contribution in [0.1, 0.15) is 56.8 Å². The van der Waals surface area contributed by atoms with Crippen LogP contribution in [-0.2, 0) is 16.0 Å². The summed E-state index contributed by atoms with van der Waals surface area (Å²) < 4.78 is 5.23. The lowest BCUT2D eigenvalue weighted by atomic mass is 10.2. The summed E-state index contributed by atoms with van der Waals surface area (Å²) in [5.74, 6) is 1.47. The van der Waals surface area contributed by atoms with Crippen LogP contribution in [-0.4, -0.2) is 39.9 Å². The van der Waals surface area contributed by atoms with Gasteiger partial charge < -0.3 is 14.7 Å². The summed E-state index contributed by atoms with van der Waals surface area (Å²) in [6, 6.07) is -0.0601. The lowest BCUT2D eigenvalue weighted by Crippen LogP contribution is -2.32. The van der Waals surface area contributed by atoms with Gasteiger partial charge in [-0.3, -0.25) is 9.59 Å². The van der Waals surface area contributed by atoms with E-state index in [0.29, 0.717) is 31.1 Å². The van der Waals surface area contributed by atoms with Crippen molar-refractivity contribution in [2.45, 2.75) is 51.5 Å². The van der Waals surface area contributed by atoms with Crippen molar-refractivity contribution in [3.8, 4) is 0 Å². The largest absolute Gasteiger partial charge is 0.356 e. The fourth-order valence-corrected chi connectivity index (χ4v) is 2.87. The normalized spacial score (nSPS) is 21.1. The van der Waals surface area contributed by atoms with Gasteiger partial charge in [-0.2, -0.15) is 4.98 Å². The summed E-state index contributed by atoms with van der Waals surface area (Å²) in [5, 5.41) is 6.76. The minimum absolute atomic E-state index is 0.0198. The first-order valence-corrected chi connectivity index (χ1v) is 8.08. The van der Waals surface area contributed by atoms with Crippen molar-refractivity contribution in [3.63, 3.8) is 0 Å². The van der Waals surface area contributed by atoms with Gasteiger partial charge in [-0.15, -0.1) is 0 Å². The maximum Gasteiger partial charge on any atom is 0.227 e. The molecule has 7 nitrogen and oxygen atoms in total. The van der Waals surface area contributed by atoms with Gasteiger partial charge in [0.25, 0.3) is 0 Å². The molecule has 2 amide bonds. The fraction of sp³-hybridized carbons (Fsp3) is 0.733. The first kappa shape index (κ1) is 15.0. The average molecular weight is 306 g/mol. The zero-order valence-corrected chi connectivity index (χ0v) is 12.9. The second-order valence-corrected chi connectivity index (χ2v) is 5.96. The standard InChI is InChI=1S/C15H22N4O3/c1-2-16-12(20)7-8-13-17-14(18-22-13)11-4-3-9-19(11)15(21)10-5-6-10/h10-11H,2-9H2,1H3,(H,16,20). The molecule has 3 rings (SSSR count). The molecule has 1 aliphatic heterocycles. The Kier molecular flexibility index (Phi) is 4.40. The molecule has 22 heavy (non-hydrogen) atoms. The number of aryl methyl sites for hydroxylation is 1. The van der Waals surface area contributed by atoms with E-state index in [-0.39, 0.29) is 23.8 Å². The summed E-state index contributed by atoms with van der Waals surface area (Å²) in [7, 11) is 0. The molecule has 2 fully saturated rings. The molecule has 0 aromatic carbocycles. The van der Waals surface area contributed by atoms with Crippen molar-refractivity contribution >= 4 is 11.8 Å². The van der Waals surface area contributed by atoms with Crippen molar-refractivity contribution < 1.29 is 14.1 Å². The summed E-state index contributed by atoms with van der Waals surface area (Å²) in [4.78, 5) is 30.0. The topological polar surface area (TPSA) is 88.3 Å². The maximum atomic E-state index is 12.3. The van der Waals surface area contributed by atoms with E-state index in [0.717, 1.165) is 32.2 Å². The van der Waals surface area contributed by atoms with E-state index in [2.05, 4.69) is 15.5 Å². The number of nitrogens with one attached hydrogen (secondary N) is 1. The molecule has 1 saturated heterocycles. The second kappa shape index (κ2) is 6.46. The van der Waals surface area contributed by atoms with Crippen LogP contribution >= 0.6 is 0 Å². The number of hydrogen-bond acceptors (Lipinski definition) is 5. The van der Waals surface area contributed by atoms with E-state index >= 15 is 0 Å². The molecule has 0 radical (unpaired) electrons. The van der Waals surface area contributed by atoms with Crippen molar-refractivity contribution in [2.75, 3.05) is 13.1 Å². The van der Waals surface area contributed by atoms with Crippen LogP contribution < -0.4 is 5.32 Å². The molecular weight excluding hydrogens is 284 g/mol. The van der Waals surface area contributed by atoms with E-state index in [1.807, 2.05) is 11.8 Å². The van der Waals surface area contributed by atoms with Crippen LogP contribution in [0.25, 0.3) is 0 Å². The van der Waals surface area contributed by atoms with E-state index in [4.69, 9.17) is 4.52 Å². The molecular formula is C15H22N4O3. The van der Waals surface area contributed by atoms with Crippen LogP contribution in [0.15, 0.2) is 4.52 Å². The average Bonchev–Trinajstić information content (AvgIpc) is 3.06. The number of rotatable bonds is 6. The third-order valence-electron chi connectivity index (χ3n) is 4.18. The van der Waals surface area contributed by atoms with Gasteiger partial charge in [0.2, 0.25) is 17.7 Å². The first-order chi connectivity index (χ1) is 10.7. The first-order valence-electron chi connectivity index (χ1n) is 8.08. The quantitative estimate of drug-likeness (QED) is 0.853. The molecule has 7 heteroatoms. The van der Waals surface area contributed by atoms with Crippen molar-refractivity contribution in [3.05, 3.63) is 11.7 Å². The van der Waals surface area contributed by atoms with Gasteiger partial charge in [0.05, 0.1) is 6.04 Å². The maximum absolute atomic E-state index is 12.3. The highest BCUT2D eigenvalue weighted by Crippen LogP contribution is 2.37. The third kappa shape index (κ3) is 3.28. The van der Waals surface area contributed by atoms with Crippen LogP contribution in [0.5, 0.6) is 0 Å². The molecule has 0 bridgehead atoms. The smallest absolute Gasteiger partial charge is 0.227 e. The fourth-order valence-electron chi connectivity index (χ4n) is 2.87. The zero-order valence-electron chi connectivity index (χ0n) is 12.9. The number of nitrogens with zero attached hydrogens (tertiary/aromatic N) is 3. The van der Waals surface area contributed by atoms with Crippen molar-refractivity contribution in [2.24, 2.45) is 5.92 Å². The highest BCUT2D eigenvalue weighted by atomic mass is 16.5. The summed E-state index contributed by atoms with van der Waals surface area (Å²) in [6.07, 6.45) is 4.64. The molecule has 1 N–H and O–H groups in total. The lowest BCUT2D eigenvalue weighted by molar-refractivity contribution is -0.133. The minimum atomic E-state index is -0.0601. The Hall–Kier alpha value is -1.92. The van der Waals surface area contributed by atoms with Gasteiger partial charge in [-0.1, -0.05) is 5.16 Å². The van der Waals surface area contributed by atoms with Gasteiger partial charge in [-0.25, -0.2) is 0 Å². The number of carbonyl (C=O) groups excluding carboxylic acids is 2. The van der Waals surface area contributed by atoms with Crippen LogP contribution in [0.3, 0.4) is 0 Å². The van der Waals surface area contributed by atoms with Crippen LogP contribution in [0, 0.1) is 5.92 Å². The van der Waals surface area contributed by atoms with E-state index in [1.165, 1.54) is 0 Å². The molecule has 1 unspecified atom stereocenters. The van der Waals surface area contributed by atoms with Crippen LogP contribution in [0.4, 0.5) is 0 Å². The highest BCUT2D eigenvalue weighted by Gasteiger charge is 2.40. The Morgan fingerprint density at radius 3 is 2.91 bits per heavy atom. The van der Waals surface area contributed by atoms with Crippen molar-refractivity contribution in [1.82, 2.24) is 20.4 Å². The van der Waals surface area contributed by atoms with E-state index in [9.17, 15) is 9.59 Å². The summed E-state index contributed by atoms with van der Waals surface area (Å²) in [5.41, 5.74) is 0. The predicted molar refractivity (Wildman–Crippen MR) is 77.7 cm³/mol. The second-order valence-electron chi connectivity index (χ2n) is 5.96. The number of carbonyl (C=O) groups is 2. The Morgan fingerprint density at radius 1 is 1.36 bits per heavy atom. The Balaban J connectivity index is 1.60. The molecule has 1 saturated carbocycles. The molecule has 1 aliphatic carbocycles. The van der Waals surface area contributed by atoms with E-state index < -0.39 is 0 Å². The molecule has 1 atom stereocenters. The van der Waals surface area contributed by atoms with Crippen molar-refractivity contribution in [1.29, 1.82) is 0 Å². The minimum Gasteiger partial charge on any atom is -0.356 e. The molecule has 2 aliphatic rings. The Morgan fingerprint density at radius 2 is 2.18 bits per heavy atom. The third-order valence-corrected chi connectivity index (χ3v) is 4.18. The van der Waals surface area contributed by atoms with Gasteiger partial charge in [-0.05, 0) is 32.6 Å². The molecule has 120 valence electrons. The predicted octanol–water partition coefficient (Wildman–Crippen LogP) is 1.21. The molecule has 2 heterocycles. The van der Waals surface area contributed by atoms with Gasteiger partial charge >= 0.3 is 0 Å². The Bertz CT molecular complexity index is 553. The van der Waals surface area contributed by atoms with Gasteiger partial charge in [0, 0.05) is 31.8 Å². The summed E-state index contributed by atoms with van der Waals surface area (Å²) >= 11 is 0. The lowest BCUT2D eigenvalue weighted by Gasteiger charge is -2.21. The van der Waals surface area contributed by atoms with Gasteiger partial charge in [0.1, 0.15) is 0 Å². The molecule has 0 spiro atoms. The summed E-state index contributed by atoms with van der Waals surface area (Å²) in [6.45, 7) is 3.28.